The van der Waals surface area contributed by atoms with Gasteiger partial charge in [0.1, 0.15) is 17.1 Å². The molecule has 0 aliphatic rings. The average molecular weight is 331 g/mol. The summed E-state index contributed by atoms with van der Waals surface area (Å²) in [5.74, 6) is 0.803. The SMILES string of the molecule is CC(=O)Nc1ccc2ccc(-c3cc4cccc(C=O)c4o3)nc2n1. The number of amides is 1. The predicted octanol–water partition coefficient (Wildman–Crippen LogP) is 3.81. The largest absolute Gasteiger partial charge is 0.454 e. The molecule has 3 heterocycles. The summed E-state index contributed by atoms with van der Waals surface area (Å²) in [5, 5.41) is 4.32. The Morgan fingerprint density at radius 1 is 1.08 bits per heavy atom. The van der Waals surface area contributed by atoms with E-state index in [1.54, 1.807) is 18.2 Å². The number of hydrogen-bond donors (Lipinski definition) is 1. The van der Waals surface area contributed by atoms with E-state index in [-0.39, 0.29) is 5.91 Å². The van der Waals surface area contributed by atoms with Crippen LogP contribution in [0, 0.1) is 0 Å². The highest BCUT2D eigenvalue weighted by molar-refractivity contribution is 5.96. The van der Waals surface area contributed by atoms with Crippen LogP contribution >= 0.6 is 0 Å². The number of aromatic nitrogens is 2. The zero-order valence-corrected chi connectivity index (χ0v) is 13.3. The molecule has 122 valence electrons. The van der Waals surface area contributed by atoms with Crippen LogP contribution in [0.2, 0.25) is 0 Å². The van der Waals surface area contributed by atoms with E-state index >= 15 is 0 Å². The molecule has 1 N–H and O–H groups in total. The van der Waals surface area contributed by atoms with Crippen molar-refractivity contribution in [2.45, 2.75) is 6.92 Å². The third kappa shape index (κ3) is 2.74. The second-order valence-corrected chi connectivity index (χ2v) is 5.61. The van der Waals surface area contributed by atoms with Gasteiger partial charge in [-0.1, -0.05) is 12.1 Å². The average Bonchev–Trinajstić information content (AvgIpc) is 3.04. The van der Waals surface area contributed by atoms with Crippen molar-refractivity contribution < 1.29 is 14.0 Å². The maximum atomic E-state index is 11.2. The number of nitrogens with one attached hydrogen (secondary N) is 1. The Balaban J connectivity index is 1.83. The number of carbonyl (C=O) groups excluding carboxylic acids is 2. The molecule has 3 aromatic heterocycles. The van der Waals surface area contributed by atoms with E-state index in [4.69, 9.17) is 4.42 Å². The molecular formula is C19H13N3O3. The molecule has 6 heteroatoms. The predicted molar refractivity (Wildman–Crippen MR) is 94.4 cm³/mol. The number of furan rings is 1. The summed E-state index contributed by atoms with van der Waals surface area (Å²) < 4.78 is 5.83. The van der Waals surface area contributed by atoms with Crippen molar-refractivity contribution in [3.8, 4) is 11.5 Å². The van der Waals surface area contributed by atoms with Gasteiger partial charge in [0.25, 0.3) is 0 Å². The Labute approximate surface area is 142 Å². The molecule has 6 nitrogen and oxygen atoms in total. The molecule has 4 aromatic rings. The minimum atomic E-state index is -0.193. The first kappa shape index (κ1) is 15.0. The van der Waals surface area contributed by atoms with Gasteiger partial charge in [-0.2, -0.15) is 0 Å². The van der Waals surface area contributed by atoms with Crippen molar-refractivity contribution in [3.05, 3.63) is 54.1 Å². The summed E-state index contributed by atoms with van der Waals surface area (Å²) in [7, 11) is 0. The zero-order valence-electron chi connectivity index (χ0n) is 13.3. The first-order chi connectivity index (χ1) is 12.1. The Morgan fingerprint density at radius 2 is 1.92 bits per heavy atom. The molecule has 0 atom stereocenters. The minimum Gasteiger partial charge on any atom is -0.454 e. The van der Waals surface area contributed by atoms with E-state index in [0.29, 0.717) is 34.1 Å². The van der Waals surface area contributed by atoms with E-state index in [2.05, 4.69) is 15.3 Å². The lowest BCUT2D eigenvalue weighted by atomic mass is 10.1. The summed E-state index contributed by atoms with van der Waals surface area (Å²) in [6.45, 7) is 1.43. The lowest BCUT2D eigenvalue weighted by Gasteiger charge is -2.04. The number of anilines is 1. The van der Waals surface area contributed by atoms with Gasteiger partial charge in [0.05, 0.1) is 5.56 Å². The highest BCUT2D eigenvalue weighted by Gasteiger charge is 2.11. The summed E-state index contributed by atoms with van der Waals surface area (Å²) >= 11 is 0. The van der Waals surface area contributed by atoms with Gasteiger partial charge in [0, 0.05) is 17.7 Å². The topological polar surface area (TPSA) is 85.1 Å². The zero-order chi connectivity index (χ0) is 17.4. The second kappa shape index (κ2) is 5.83. The van der Waals surface area contributed by atoms with Gasteiger partial charge in [0.15, 0.2) is 17.7 Å². The van der Waals surface area contributed by atoms with Crippen LogP contribution in [0.15, 0.2) is 52.9 Å². The maximum absolute atomic E-state index is 11.2. The molecule has 0 saturated heterocycles. The van der Waals surface area contributed by atoms with Crippen LogP contribution < -0.4 is 5.32 Å². The number of para-hydroxylation sites is 1. The number of nitrogens with zero attached hydrogens (tertiary/aromatic N) is 2. The third-order valence-electron chi connectivity index (χ3n) is 3.81. The van der Waals surface area contributed by atoms with Crippen LogP contribution in [0.4, 0.5) is 5.82 Å². The van der Waals surface area contributed by atoms with Crippen LogP contribution in [0.25, 0.3) is 33.5 Å². The fraction of sp³-hybridized carbons (Fsp3) is 0.0526. The number of pyridine rings is 2. The normalized spacial score (nSPS) is 10.9. The van der Waals surface area contributed by atoms with Crippen molar-refractivity contribution in [1.82, 2.24) is 9.97 Å². The Hall–Kier alpha value is -3.54. The number of fused-ring (bicyclic) bond motifs is 2. The van der Waals surface area contributed by atoms with Crippen LogP contribution in [0.5, 0.6) is 0 Å². The fourth-order valence-electron chi connectivity index (χ4n) is 2.69. The molecule has 0 radical (unpaired) electrons. The molecule has 25 heavy (non-hydrogen) atoms. The number of hydrogen-bond acceptors (Lipinski definition) is 5. The van der Waals surface area contributed by atoms with E-state index in [1.165, 1.54) is 6.92 Å². The molecule has 0 aliphatic heterocycles. The molecule has 0 saturated carbocycles. The fourth-order valence-corrected chi connectivity index (χ4v) is 2.69. The quantitative estimate of drug-likeness (QED) is 0.577. The molecule has 1 aromatic carbocycles. The van der Waals surface area contributed by atoms with Crippen LogP contribution in [-0.4, -0.2) is 22.2 Å². The van der Waals surface area contributed by atoms with Gasteiger partial charge in [-0.3, -0.25) is 9.59 Å². The Bertz CT molecular complexity index is 1130. The van der Waals surface area contributed by atoms with Crippen molar-refractivity contribution in [2.75, 3.05) is 5.32 Å². The van der Waals surface area contributed by atoms with Crippen LogP contribution in [0.3, 0.4) is 0 Å². The third-order valence-corrected chi connectivity index (χ3v) is 3.81. The highest BCUT2D eigenvalue weighted by atomic mass is 16.3. The van der Waals surface area contributed by atoms with E-state index in [1.807, 2.05) is 30.3 Å². The summed E-state index contributed by atoms with van der Waals surface area (Å²) in [6.07, 6.45) is 0.769. The molecule has 0 bridgehead atoms. The van der Waals surface area contributed by atoms with Crippen molar-refractivity contribution in [3.63, 3.8) is 0 Å². The van der Waals surface area contributed by atoms with Gasteiger partial charge < -0.3 is 9.73 Å². The summed E-state index contributed by atoms with van der Waals surface area (Å²) in [5.41, 5.74) is 2.14. The smallest absolute Gasteiger partial charge is 0.222 e. The summed E-state index contributed by atoms with van der Waals surface area (Å²) in [6, 6.07) is 14.5. The lowest BCUT2D eigenvalue weighted by molar-refractivity contribution is -0.114. The minimum absolute atomic E-state index is 0.193. The van der Waals surface area contributed by atoms with Crippen LogP contribution in [0.1, 0.15) is 17.3 Å². The molecular weight excluding hydrogens is 318 g/mol. The Morgan fingerprint density at radius 3 is 2.72 bits per heavy atom. The molecule has 4 rings (SSSR count). The van der Waals surface area contributed by atoms with E-state index < -0.39 is 0 Å². The van der Waals surface area contributed by atoms with E-state index in [0.717, 1.165) is 17.1 Å². The monoisotopic (exact) mass is 331 g/mol. The lowest BCUT2D eigenvalue weighted by Crippen LogP contribution is -2.07. The Kier molecular flexibility index (Phi) is 3.50. The maximum Gasteiger partial charge on any atom is 0.222 e. The van der Waals surface area contributed by atoms with Gasteiger partial charge in [0.2, 0.25) is 5.91 Å². The number of aldehydes is 1. The second-order valence-electron chi connectivity index (χ2n) is 5.61. The first-order valence-corrected chi connectivity index (χ1v) is 7.67. The van der Waals surface area contributed by atoms with Crippen molar-refractivity contribution in [2.24, 2.45) is 0 Å². The number of carbonyl (C=O) groups is 2. The van der Waals surface area contributed by atoms with Crippen molar-refractivity contribution in [1.29, 1.82) is 0 Å². The number of benzene rings is 1. The van der Waals surface area contributed by atoms with Gasteiger partial charge in [-0.25, -0.2) is 9.97 Å². The highest BCUT2D eigenvalue weighted by Crippen LogP contribution is 2.29. The van der Waals surface area contributed by atoms with Gasteiger partial charge in [-0.05, 0) is 36.4 Å². The van der Waals surface area contributed by atoms with E-state index in [9.17, 15) is 9.59 Å². The van der Waals surface area contributed by atoms with Crippen LogP contribution in [-0.2, 0) is 4.79 Å². The van der Waals surface area contributed by atoms with Crippen molar-refractivity contribution >= 4 is 40.0 Å². The van der Waals surface area contributed by atoms with Gasteiger partial charge in [-0.15, -0.1) is 0 Å². The molecule has 0 fully saturated rings. The molecule has 0 unspecified atom stereocenters. The summed E-state index contributed by atoms with van der Waals surface area (Å²) in [4.78, 5) is 31.2. The molecule has 0 aliphatic carbocycles. The number of rotatable bonds is 3. The molecule has 0 spiro atoms. The molecule has 1 amide bonds. The standard InChI is InChI=1S/C19H13N3O3/c1-11(24)20-17-8-6-12-5-7-15(21-19(12)22-17)16-9-13-3-2-4-14(10-23)18(13)25-16/h2-10H,1H3,(H,20,21,22,24). The first-order valence-electron chi connectivity index (χ1n) is 7.67. The van der Waals surface area contributed by atoms with Gasteiger partial charge >= 0.3 is 0 Å².